The minimum Gasteiger partial charge on any atom is -0.444 e. The van der Waals surface area contributed by atoms with Gasteiger partial charge in [-0.2, -0.15) is 11.8 Å². The van der Waals surface area contributed by atoms with Gasteiger partial charge in [0.25, 0.3) is 0 Å². The van der Waals surface area contributed by atoms with Crippen LogP contribution in [-0.4, -0.2) is 16.8 Å². The van der Waals surface area contributed by atoms with E-state index >= 15 is 0 Å². The molecule has 0 bridgehead atoms. The number of rotatable bonds is 4. The fourth-order valence-electron chi connectivity index (χ4n) is 1.06. The molecule has 1 aromatic heterocycles. The van der Waals surface area contributed by atoms with Gasteiger partial charge in [-0.1, -0.05) is 20.8 Å². The summed E-state index contributed by atoms with van der Waals surface area (Å²) in [5.41, 5.74) is 5.70. The lowest BCUT2D eigenvalue weighted by molar-refractivity contribution is 0.391. The van der Waals surface area contributed by atoms with Gasteiger partial charge in [0.15, 0.2) is 0 Å². The van der Waals surface area contributed by atoms with Crippen LogP contribution in [0.5, 0.6) is 0 Å². The summed E-state index contributed by atoms with van der Waals surface area (Å²) in [7, 11) is 0. The Bertz CT molecular complexity index is 302. The van der Waals surface area contributed by atoms with Crippen LogP contribution >= 0.6 is 11.8 Å². The molecule has 15 heavy (non-hydrogen) atoms. The molecule has 0 amide bonds. The minimum atomic E-state index is 0.0388. The van der Waals surface area contributed by atoms with E-state index in [9.17, 15) is 0 Å². The summed E-state index contributed by atoms with van der Waals surface area (Å²) in [5.74, 6) is 3.48. The smallest absolute Gasteiger partial charge is 0.204 e. The summed E-state index contributed by atoms with van der Waals surface area (Å²) < 4.78 is 5.66. The Morgan fingerprint density at radius 1 is 1.53 bits per heavy atom. The first-order valence-corrected chi connectivity index (χ1v) is 6.33. The summed E-state index contributed by atoms with van der Waals surface area (Å²) >= 11 is 1.76. The standard InChI is InChI=1S/C11H20N2OS/c1-8(12)6-15-7-10-13-5-9(14-10)11(2,3)4/h5,8H,6-7,12H2,1-4H3. The van der Waals surface area contributed by atoms with Crippen LogP contribution < -0.4 is 5.73 Å². The van der Waals surface area contributed by atoms with Crippen LogP contribution in [0.4, 0.5) is 0 Å². The molecule has 0 aromatic carbocycles. The fraction of sp³-hybridized carbons (Fsp3) is 0.727. The first-order valence-electron chi connectivity index (χ1n) is 5.18. The molecule has 0 spiro atoms. The summed E-state index contributed by atoms with van der Waals surface area (Å²) in [4.78, 5) is 4.25. The van der Waals surface area contributed by atoms with Gasteiger partial charge >= 0.3 is 0 Å². The quantitative estimate of drug-likeness (QED) is 0.860. The molecule has 0 saturated heterocycles. The Labute approximate surface area is 95.8 Å². The van der Waals surface area contributed by atoms with Crippen molar-refractivity contribution in [3.05, 3.63) is 17.8 Å². The lowest BCUT2D eigenvalue weighted by atomic mass is 9.94. The molecular weight excluding hydrogens is 208 g/mol. The number of nitrogens with two attached hydrogens (primary N) is 1. The van der Waals surface area contributed by atoms with Gasteiger partial charge in [0.1, 0.15) is 5.76 Å². The van der Waals surface area contributed by atoms with E-state index < -0.39 is 0 Å². The van der Waals surface area contributed by atoms with Crippen molar-refractivity contribution in [3.63, 3.8) is 0 Å². The van der Waals surface area contributed by atoms with Gasteiger partial charge in [-0.05, 0) is 6.92 Å². The highest BCUT2D eigenvalue weighted by Crippen LogP contribution is 2.24. The third-order valence-electron chi connectivity index (χ3n) is 1.90. The Balaban J connectivity index is 2.47. The van der Waals surface area contributed by atoms with Gasteiger partial charge in [-0.3, -0.25) is 0 Å². The van der Waals surface area contributed by atoms with Crippen LogP contribution in [0.1, 0.15) is 39.3 Å². The molecule has 0 saturated carbocycles. The molecule has 1 aromatic rings. The number of hydrogen-bond donors (Lipinski definition) is 1. The molecule has 1 rings (SSSR count). The van der Waals surface area contributed by atoms with Crippen molar-refractivity contribution >= 4 is 11.8 Å². The number of oxazole rings is 1. The van der Waals surface area contributed by atoms with E-state index in [-0.39, 0.29) is 11.5 Å². The first kappa shape index (κ1) is 12.6. The number of aromatic nitrogens is 1. The van der Waals surface area contributed by atoms with E-state index in [4.69, 9.17) is 10.2 Å². The van der Waals surface area contributed by atoms with Gasteiger partial charge in [-0.25, -0.2) is 4.98 Å². The van der Waals surface area contributed by atoms with E-state index in [1.807, 2.05) is 13.1 Å². The second-order valence-corrected chi connectivity index (χ2v) is 5.89. The zero-order chi connectivity index (χ0) is 11.5. The molecule has 0 aliphatic rings. The van der Waals surface area contributed by atoms with Crippen molar-refractivity contribution in [3.8, 4) is 0 Å². The topological polar surface area (TPSA) is 52.0 Å². The molecule has 0 fully saturated rings. The fourth-order valence-corrected chi connectivity index (χ4v) is 1.85. The lowest BCUT2D eigenvalue weighted by Crippen LogP contribution is -2.17. The Morgan fingerprint density at radius 3 is 2.67 bits per heavy atom. The molecule has 1 heterocycles. The van der Waals surface area contributed by atoms with Crippen molar-refractivity contribution in [2.24, 2.45) is 5.73 Å². The molecule has 0 aliphatic carbocycles. The maximum atomic E-state index is 5.66. The van der Waals surface area contributed by atoms with E-state index in [0.29, 0.717) is 0 Å². The largest absolute Gasteiger partial charge is 0.444 e. The van der Waals surface area contributed by atoms with E-state index in [1.54, 1.807) is 11.8 Å². The number of nitrogens with zero attached hydrogens (tertiary/aromatic N) is 1. The number of thioether (sulfide) groups is 1. The average molecular weight is 228 g/mol. The summed E-state index contributed by atoms with van der Waals surface area (Å²) in [5, 5.41) is 0. The predicted octanol–water partition coefficient (Wildman–Crippen LogP) is 2.55. The Morgan fingerprint density at radius 2 is 2.20 bits per heavy atom. The maximum absolute atomic E-state index is 5.66. The SMILES string of the molecule is CC(N)CSCc1ncc(C(C)(C)C)o1. The highest BCUT2D eigenvalue weighted by Gasteiger charge is 2.18. The van der Waals surface area contributed by atoms with Gasteiger partial charge in [0.2, 0.25) is 5.89 Å². The van der Waals surface area contributed by atoms with Crippen molar-refractivity contribution in [1.82, 2.24) is 4.98 Å². The summed E-state index contributed by atoms with van der Waals surface area (Å²) in [6, 6.07) is 0.229. The Hall–Kier alpha value is -0.480. The van der Waals surface area contributed by atoms with Crippen LogP contribution in [0.15, 0.2) is 10.6 Å². The highest BCUT2D eigenvalue weighted by molar-refractivity contribution is 7.98. The van der Waals surface area contributed by atoms with Crippen LogP contribution in [0.2, 0.25) is 0 Å². The van der Waals surface area contributed by atoms with Gasteiger partial charge in [0.05, 0.1) is 11.9 Å². The first-order chi connectivity index (χ1) is 6.89. The van der Waals surface area contributed by atoms with Crippen molar-refractivity contribution in [1.29, 1.82) is 0 Å². The van der Waals surface area contributed by atoms with Crippen molar-refractivity contribution in [2.45, 2.75) is 44.9 Å². The maximum Gasteiger partial charge on any atom is 0.204 e. The Kier molecular flexibility index (Phi) is 4.22. The van der Waals surface area contributed by atoms with E-state index in [0.717, 1.165) is 23.2 Å². The highest BCUT2D eigenvalue weighted by atomic mass is 32.2. The van der Waals surface area contributed by atoms with Crippen LogP contribution in [-0.2, 0) is 11.2 Å². The van der Waals surface area contributed by atoms with Crippen LogP contribution in [0, 0.1) is 0 Å². The third kappa shape index (κ3) is 4.26. The summed E-state index contributed by atoms with van der Waals surface area (Å²) in [6.07, 6.45) is 1.82. The molecule has 2 N–H and O–H groups in total. The second kappa shape index (κ2) is 5.03. The molecule has 0 aliphatic heterocycles. The molecule has 1 atom stereocenters. The monoisotopic (exact) mass is 228 g/mol. The molecule has 1 unspecified atom stereocenters. The predicted molar refractivity (Wildman–Crippen MR) is 65.0 cm³/mol. The molecule has 3 nitrogen and oxygen atoms in total. The molecular formula is C11H20N2OS. The summed E-state index contributed by atoms with van der Waals surface area (Å²) in [6.45, 7) is 8.36. The zero-order valence-electron chi connectivity index (χ0n) is 9.91. The van der Waals surface area contributed by atoms with E-state index in [1.165, 1.54) is 0 Å². The normalized spacial score (nSPS) is 14.2. The van der Waals surface area contributed by atoms with Gasteiger partial charge < -0.3 is 10.2 Å². The average Bonchev–Trinajstić information content (AvgIpc) is 2.51. The van der Waals surface area contributed by atoms with Crippen molar-refractivity contribution < 1.29 is 4.42 Å². The second-order valence-electron chi connectivity index (χ2n) is 4.86. The van der Waals surface area contributed by atoms with Gasteiger partial charge in [0, 0.05) is 17.2 Å². The molecule has 86 valence electrons. The number of hydrogen-bond acceptors (Lipinski definition) is 4. The lowest BCUT2D eigenvalue weighted by Gasteiger charge is -2.13. The minimum absolute atomic E-state index is 0.0388. The molecule has 4 heteroatoms. The van der Waals surface area contributed by atoms with E-state index in [2.05, 4.69) is 25.8 Å². The van der Waals surface area contributed by atoms with Crippen molar-refractivity contribution in [2.75, 3.05) is 5.75 Å². The van der Waals surface area contributed by atoms with Gasteiger partial charge in [-0.15, -0.1) is 0 Å². The van der Waals surface area contributed by atoms with Crippen LogP contribution in [0.3, 0.4) is 0 Å². The zero-order valence-corrected chi connectivity index (χ0v) is 10.7. The van der Waals surface area contributed by atoms with Crippen LogP contribution in [0.25, 0.3) is 0 Å². The molecule has 0 radical (unpaired) electrons. The third-order valence-corrected chi connectivity index (χ3v) is 3.11.